The summed E-state index contributed by atoms with van der Waals surface area (Å²) < 4.78 is 2.06. The number of nitrogens with zero attached hydrogens (tertiary/aromatic N) is 2. The number of nitrogens with one attached hydrogen (secondary N) is 1. The Kier molecular flexibility index (Phi) is 5.53. The first-order valence-electron chi connectivity index (χ1n) is 7.63. The van der Waals surface area contributed by atoms with Gasteiger partial charge >= 0.3 is 0 Å². The third kappa shape index (κ3) is 4.16. The fourth-order valence-corrected chi connectivity index (χ4v) is 2.44. The van der Waals surface area contributed by atoms with Gasteiger partial charge in [0.25, 0.3) is 0 Å². The summed E-state index contributed by atoms with van der Waals surface area (Å²) in [6.45, 7) is 6.84. The lowest BCUT2D eigenvalue weighted by atomic mass is 10.1. The fraction of sp³-hybridized carbons (Fsp3) is 0.471. The minimum atomic E-state index is -0.259. The second-order valence-corrected chi connectivity index (χ2v) is 5.51. The standard InChI is InChI=1S/C17H25N3O/c1-4-5-17(21)12-19-13(2)15-6-8-16(9-7-15)20-11-10-18-14(20)3/h6-11,13,17,19,21H,4-5,12H2,1-3H3. The molecule has 2 atom stereocenters. The molecule has 2 N–H and O–H groups in total. The van der Waals surface area contributed by atoms with Gasteiger partial charge in [-0.1, -0.05) is 25.5 Å². The van der Waals surface area contributed by atoms with Gasteiger partial charge in [0.1, 0.15) is 5.82 Å². The summed E-state index contributed by atoms with van der Waals surface area (Å²) in [6, 6.07) is 8.68. The number of aliphatic hydroxyl groups excluding tert-OH is 1. The Balaban J connectivity index is 1.97. The molecule has 0 saturated heterocycles. The molecule has 1 heterocycles. The van der Waals surface area contributed by atoms with Crippen LogP contribution in [0.4, 0.5) is 0 Å². The third-order valence-electron chi connectivity index (χ3n) is 3.78. The van der Waals surface area contributed by atoms with E-state index in [4.69, 9.17) is 0 Å². The molecule has 2 aromatic rings. The predicted molar refractivity (Wildman–Crippen MR) is 85.6 cm³/mol. The van der Waals surface area contributed by atoms with E-state index < -0.39 is 0 Å². The molecule has 21 heavy (non-hydrogen) atoms. The van der Waals surface area contributed by atoms with Gasteiger partial charge in [0.05, 0.1) is 6.10 Å². The predicted octanol–water partition coefficient (Wildman–Crippen LogP) is 2.99. The van der Waals surface area contributed by atoms with Crippen LogP contribution in [0.5, 0.6) is 0 Å². The Labute approximate surface area is 126 Å². The molecular formula is C17H25N3O. The zero-order valence-corrected chi connectivity index (χ0v) is 13.1. The van der Waals surface area contributed by atoms with Crippen molar-refractivity contribution in [2.24, 2.45) is 0 Å². The maximum absolute atomic E-state index is 9.77. The number of hydrogen-bond acceptors (Lipinski definition) is 3. The third-order valence-corrected chi connectivity index (χ3v) is 3.78. The zero-order valence-electron chi connectivity index (χ0n) is 13.1. The van der Waals surface area contributed by atoms with E-state index in [2.05, 4.69) is 53.0 Å². The molecule has 4 heteroatoms. The quantitative estimate of drug-likeness (QED) is 0.823. The minimum Gasteiger partial charge on any atom is -0.392 e. The van der Waals surface area contributed by atoms with Crippen molar-refractivity contribution in [2.75, 3.05) is 6.54 Å². The van der Waals surface area contributed by atoms with Gasteiger partial charge in [0.15, 0.2) is 0 Å². The minimum absolute atomic E-state index is 0.231. The number of aryl methyl sites for hydroxylation is 1. The van der Waals surface area contributed by atoms with Crippen LogP contribution in [0.3, 0.4) is 0 Å². The van der Waals surface area contributed by atoms with Crippen LogP contribution in [0.25, 0.3) is 5.69 Å². The van der Waals surface area contributed by atoms with Crippen molar-refractivity contribution in [3.8, 4) is 5.69 Å². The van der Waals surface area contributed by atoms with E-state index in [0.29, 0.717) is 6.54 Å². The van der Waals surface area contributed by atoms with E-state index in [9.17, 15) is 5.11 Å². The van der Waals surface area contributed by atoms with Crippen LogP contribution >= 0.6 is 0 Å². The van der Waals surface area contributed by atoms with Crippen molar-refractivity contribution >= 4 is 0 Å². The highest BCUT2D eigenvalue weighted by Crippen LogP contribution is 2.16. The van der Waals surface area contributed by atoms with Crippen LogP contribution in [0.1, 0.15) is 44.1 Å². The van der Waals surface area contributed by atoms with Gasteiger partial charge in [-0.15, -0.1) is 0 Å². The SMILES string of the molecule is CCCC(O)CNC(C)c1ccc(-n2ccnc2C)cc1. The average Bonchev–Trinajstić information content (AvgIpc) is 2.91. The van der Waals surface area contributed by atoms with Gasteiger partial charge in [-0.2, -0.15) is 0 Å². The number of aromatic nitrogens is 2. The maximum Gasteiger partial charge on any atom is 0.110 e. The number of aliphatic hydroxyl groups is 1. The van der Waals surface area contributed by atoms with Crippen molar-refractivity contribution in [1.29, 1.82) is 0 Å². The number of benzene rings is 1. The lowest BCUT2D eigenvalue weighted by Gasteiger charge is -2.17. The molecule has 2 rings (SSSR count). The summed E-state index contributed by atoms with van der Waals surface area (Å²) in [5, 5.41) is 13.2. The van der Waals surface area contributed by atoms with Gasteiger partial charge in [-0.05, 0) is 38.0 Å². The Morgan fingerprint density at radius 2 is 2.00 bits per heavy atom. The summed E-state index contributed by atoms with van der Waals surface area (Å²) in [5.74, 6) is 0.983. The van der Waals surface area contributed by atoms with Crippen LogP contribution in [0, 0.1) is 6.92 Å². The van der Waals surface area contributed by atoms with Crippen molar-refractivity contribution in [3.63, 3.8) is 0 Å². The molecule has 0 aliphatic rings. The highest BCUT2D eigenvalue weighted by molar-refractivity contribution is 5.36. The molecule has 0 aliphatic heterocycles. The Morgan fingerprint density at radius 3 is 2.57 bits per heavy atom. The van der Waals surface area contributed by atoms with Gasteiger partial charge in [-0.3, -0.25) is 0 Å². The van der Waals surface area contributed by atoms with Gasteiger partial charge in [0, 0.05) is 30.7 Å². The van der Waals surface area contributed by atoms with E-state index in [-0.39, 0.29) is 12.1 Å². The molecule has 1 aromatic carbocycles. The van der Waals surface area contributed by atoms with Gasteiger partial charge < -0.3 is 15.0 Å². The van der Waals surface area contributed by atoms with Gasteiger partial charge in [-0.25, -0.2) is 4.98 Å². The van der Waals surface area contributed by atoms with E-state index in [1.807, 2.05) is 19.3 Å². The first-order valence-corrected chi connectivity index (χ1v) is 7.63. The molecule has 0 saturated carbocycles. The van der Waals surface area contributed by atoms with Gasteiger partial charge in [0.2, 0.25) is 0 Å². The molecule has 0 radical (unpaired) electrons. The smallest absolute Gasteiger partial charge is 0.110 e. The highest BCUT2D eigenvalue weighted by atomic mass is 16.3. The van der Waals surface area contributed by atoms with E-state index in [0.717, 1.165) is 24.4 Å². The molecular weight excluding hydrogens is 262 g/mol. The molecule has 0 fully saturated rings. The highest BCUT2D eigenvalue weighted by Gasteiger charge is 2.08. The first-order chi connectivity index (χ1) is 10.1. The van der Waals surface area contributed by atoms with Crippen LogP contribution < -0.4 is 5.32 Å². The molecule has 4 nitrogen and oxygen atoms in total. The second-order valence-electron chi connectivity index (χ2n) is 5.51. The summed E-state index contributed by atoms with van der Waals surface area (Å²) >= 11 is 0. The molecule has 1 aromatic heterocycles. The molecule has 0 aliphatic carbocycles. The van der Waals surface area contributed by atoms with Crippen molar-refractivity contribution in [2.45, 2.75) is 45.8 Å². The summed E-state index contributed by atoms with van der Waals surface area (Å²) in [4.78, 5) is 4.24. The lowest BCUT2D eigenvalue weighted by molar-refractivity contribution is 0.157. The molecule has 2 unspecified atom stereocenters. The summed E-state index contributed by atoms with van der Waals surface area (Å²) in [6.07, 6.45) is 5.37. The zero-order chi connectivity index (χ0) is 15.2. The van der Waals surface area contributed by atoms with E-state index in [1.165, 1.54) is 5.56 Å². The second kappa shape index (κ2) is 7.38. The fourth-order valence-electron chi connectivity index (χ4n) is 2.44. The lowest BCUT2D eigenvalue weighted by Crippen LogP contribution is -2.28. The summed E-state index contributed by atoms with van der Waals surface area (Å²) in [5.41, 5.74) is 2.34. The van der Waals surface area contributed by atoms with Crippen LogP contribution in [-0.4, -0.2) is 27.3 Å². The molecule has 0 amide bonds. The largest absolute Gasteiger partial charge is 0.392 e. The van der Waals surface area contributed by atoms with Crippen LogP contribution in [0.15, 0.2) is 36.7 Å². The van der Waals surface area contributed by atoms with Crippen LogP contribution in [-0.2, 0) is 0 Å². The number of imidazole rings is 1. The molecule has 0 bridgehead atoms. The van der Waals surface area contributed by atoms with Crippen molar-refractivity contribution in [3.05, 3.63) is 48.0 Å². The van der Waals surface area contributed by atoms with Crippen molar-refractivity contribution in [1.82, 2.24) is 14.9 Å². The topological polar surface area (TPSA) is 50.1 Å². The Hall–Kier alpha value is -1.65. The number of rotatable bonds is 7. The monoisotopic (exact) mass is 287 g/mol. The average molecular weight is 287 g/mol. The maximum atomic E-state index is 9.77. The van der Waals surface area contributed by atoms with Crippen LogP contribution in [0.2, 0.25) is 0 Å². The number of hydrogen-bond donors (Lipinski definition) is 2. The van der Waals surface area contributed by atoms with Crippen molar-refractivity contribution < 1.29 is 5.11 Å². The molecule has 114 valence electrons. The summed E-state index contributed by atoms with van der Waals surface area (Å²) in [7, 11) is 0. The normalized spacial score (nSPS) is 14.1. The molecule has 0 spiro atoms. The van der Waals surface area contributed by atoms with E-state index in [1.54, 1.807) is 0 Å². The van der Waals surface area contributed by atoms with E-state index >= 15 is 0 Å². The Bertz CT molecular complexity index is 547. The first kappa shape index (κ1) is 15.7. The Morgan fingerprint density at radius 1 is 1.29 bits per heavy atom.